The Morgan fingerprint density at radius 3 is 2.71 bits per heavy atom. The molecule has 1 amide bonds. The van der Waals surface area contributed by atoms with Crippen LogP contribution in [0.15, 0.2) is 82.7 Å². The fourth-order valence-electron chi connectivity index (χ4n) is 3.80. The molecule has 2 N–H and O–H groups in total. The third-order valence-corrected chi connectivity index (χ3v) is 6.48. The number of hydrogen-bond acceptors (Lipinski definition) is 5. The number of carbonyl (C=O) groups excluding carboxylic acids is 1. The van der Waals surface area contributed by atoms with E-state index >= 15 is 0 Å². The molecule has 0 atom stereocenters. The van der Waals surface area contributed by atoms with Gasteiger partial charge in [-0.25, -0.2) is 9.37 Å². The maximum absolute atomic E-state index is 13.6. The molecular formula is C26H21FN4O3S. The summed E-state index contributed by atoms with van der Waals surface area (Å²) >= 11 is 1.17. The highest BCUT2D eigenvalue weighted by molar-refractivity contribution is 7.99. The van der Waals surface area contributed by atoms with Gasteiger partial charge in [0.05, 0.1) is 18.6 Å². The number of H-pyrrole nitrogens is 1. The number of nitrogens with zero attached hydrogens (tertiary/aromatic N) is 2. The third kappa shape index (κ3) is 4.63. The lowest BCUT2D eigenvalue weighted by molar-refractivity contribution is -0.118. The Balaban J connectivity index is 1.49. The largest absolute Gasteiger partial charge is 0.497 e. The molecule has 35 heavy (non-hydrogen) atoms. The highest BCUT2D eigenvalue weighted by atomic mass is 32.2. The summed E-state index contributed by atoms with van der Waals surface area (Å²) in [6.45, 7) is 0.275. The van der Waals surface area contributed by atoms with Crippen molar-refractivity contribution in [2.45, 2.75) is 11.7 Å². The minimum absolute atomic E-state index is 0.0471. The quantitative estimate of drug-likeness (QED) is 0.262. The standard InChI is InChI=1S/C26H21FN4O3S/c1-34-19-6-4-5-18(13-19)31-25(33)24-23(20-7-2-3-8-21(20)29-24)30-26(31)35-15-22(32)28-14-16-9-11-17(27)12-10-16/h2-13,29H,14-15H2,1H3,(H,28,32). The lowest BCUT2D eigenvalue weighted by Crippen LogP contribution is -2.26. The van der Waals surface area contributed by atoms with Crippen molar-refractivity contribution >= 4 is 39.6 Å². The molecule has 9 heteroatoms. The number of fused-ring (bicyclic) bond motifs is 3. The van der Waals surface area contributed by atoms with E-state index in [0.29, 0.717) is 27.6 Å². The van der Waals surface area contributed by atoms with Crippen LogP contribution in [0.25, 0.3) is 27.6 Å². The molecule has 5 aromatic rings. The zero-order chi connectivity index (χ0) is 24.4. The Labute approximate surface area is 204 Å². The molecule has 0 saturated heterocycles. The van der Waals surface area contributed by atoms with Crippen LogP contribution in [-0.4, -0.2) is 33.3 Å². The van der Waals surface area contributed by atoms with E-state index in [9.17, 15) is 14.0 Å². The molecule has 0 aliphatic carbocycles. The first-order chi connectivity index (χ1) is 17.0. The monoisotopic (exact) mass is 488 g/mol. The van der Waals surface area contributed by atoms with Crippen LogP contribution in [0.3, 0.4) is 0 Å². The van der Waals surface area contributed by atoms with Gasteiger partial charge in [-0.15, -0.1) is 0 Å². The zero-order valence-corrected chi connectivity index (χ0v) is 19.6. The number of aromatic amines is 1. The second-order valence-corrected chi connectivity index (χ2v) is 8.76. The molecule has 0 fully saturated rings. The number of benzene rings is 3. The summed E-state index contributed by atoms with van der Waals surface area (Å²) in [5.74, 6) is 0.0830. The Hall–Kier alpha value is -4.11. The summed E-state index contributed by atoms with van der Waals surface area (Å²) in [4.78, 5) is 34.1. The number of carbonyl (C=O) groups is 1. The number of para-hydroxylation sites is 1. The number of nitrogens with one attached hydrogen (secondary N) is 2. The van der Waals surface area contributed by atoms with Gasteiger partial charge in [0.2, 0.25) is 5.91 Å². The van der Waals surface area contributed by atoms with Gasteiger partial charge in [-0.2, -0.15) is 0 Å². The van der Waals surface area contributed by atoms with Crippen LogP contribution in [0.4, 0.5) is 4.39 Å². The van der Waals surface area contributed by atoms with Crippen molar-refractivity contribution in [1.29, 1.82) is 0 Å². The lowest BCUT2D eigenvalue weighted by Gasteiger charge is -2.13. The van der Waals surface area contributed by atoms with Crippen molar-refractivity contribution < 1.29 is 13.9 Å². The van der Waals surface area contributed by atoms with Crippen LogP contribution in [-0.2, 0) is 11.3 Å². The number of ether oxygens (including phenoxy) is 1. The van der Waals surface area contributed by atoms with Gasteiger partial charge in [0.15, 0.2) is 5.16 Å². The number of halogens is 1. The summed E-state index contributed by atoms with van der Waals surface area (Å²) in [6.07, 6.45) is 0. The second-order valence-electron chi connectivity index (χ2n) is 7.82. The van der Waals surface area contributed by atoms with Gasteiger partial charge in [-0.05, 0) is 35.9 Å². The first kappa shape index (κ1) is 22.7. The highest BCUT2D eigenvalue weighted by Crippen LogP contribution is 2.27. The van der Waals surface area contributed by atoms with Crippen LogP contribution in [0.1, 0.15) is 5.56 Å². The molecule has 0 radical (unpaired) electrons. The van der Waals surface area contributed by atoms with E-state index in [1.54, 1.807) is 43.5 Å². The van der Waals surface area contributed by atoms with E-state index in [0.717, 1.165) is 16.5 Å². The van der Waals surface area contributed by atoms with Gasteiger partial charge < -0.3 is 15.0 Å². The van der Waals surface area contributed by atoms with Crippen molar-refractivity contribution in [3.8, 4) is 11.4 Å². The molecule has 3 aromatic carbocycles. The van der Waals surface area contributed by atoms with E-state index in [1.165, 1.54) is 28.5 Å². The molecule has 2 heterocycles. The summed E-state index contributed by atoms with van der Waals surface area (Å²) in [5.41, 5.74) is 2.85. The van der Waals surface area contributed by atoms with Crippen molar-refractivity contribution in [2.24, 2.45) is 0 Å². The van der Waals surface area contributed by atoms with Gasteiger partial charge in [-0.3, -0.25) is 14.2 Å². The fourth-order valence-corrected chi connectivity index (χ4v) is 4.64. The lowest BCUT2D eigenvalue weighted by atomic mass is 10.2. The molecule has 0 bridgehead atoms. The molecule has 7 nitrogen and oxygen atoms in total. The van der Waals surface area contributed by atoms with Gasteiger partial charge >= 0.3 is 0 Å². The number of thioether (sulfide) groups is 1. The number of rotatable bonds is 7. The highest BCUT2D eigenvalue weighted by Gasteiger charge is 2.18. The van der Waals surface area contributed by atoms with Gasteiger partial charge in [0.25, 0.3) is 5.56 Å². The second kappa shape index (κ2) is 9.63. The molecule has 176 valence electrons. The Morgan fingerprint density at radius 1 is 1.11 bits per heavy atom. The molecular weight excluding hydrogens is 467 g/mol. The van der Waals surface area contributed by atoms with Crippen LogP contribution in [0.5, 0.6) is 5.75 Å². The van der Waals surface area contributed by atoms with Gasteiger partial charge in [0, 0.05) is 23.5 Å². The topological polar surface area (TPSA) is 89.0 Å². The normalized spacial score (nSPS) is 11.1. The average Bonchev–Trinajstić information content (AvgIpc) is 3.26. The summed E-state index contributed by atoms with van der Waals surface area (Å²) < 4.78 is 19.9. The number of aromatic nitrogens is 3. The predicted molar refractivity (Wildman–Crippen MR) is 135 cm³/mol. The minimum atomic E-state index is -0.329. The van der Waals surface area contributed by atoms with E-state index in [1.807, 2.05) is 24.3 Å². The Kier molecular flexibility index (Phi) is 6.24. The maximum Gasteiger partial charge on any atom is 0.283 e. The van der Waals surface area contributed by atoms with Crippen molar-refractivity contribution in [1.82, 2.24) is 19.9 Å². The molecule has 0 spiro atoms. The SMILES string of the molecule is COc1cccc(-n2c(SCC(=O)NCc3ccc(F)cc3)nc3c([nH]c4ccccc43)c2=O)c1. The average molecular weight is 489 g/mol. The van der Waals surface area contributed by atoms with Crippen LogP contribution in [0, 0.1) is 5.82 Å². The van der Waals surface area contributed by atoms with Crippen LogP contribution < -0.4 is 15.6 Å². The first-order valence-corrected chi connectivity index (χ1v) is 11.8. The van der Waals surface area contributed by atoms with Crippen molar-refractivity contribution in [2.75, 3.05) is 12.9 Å². The number of methoxy groups -OCH3 is 1. The van der Waals surface area contributed by atoms with Crippen LogP contribution in [0.2, 0.25) is 0 Å². The summed E-state index contributed by atoms with van der Waals surface area (Å²) in [5, 5.41) is 4.04. The van der Waals surface area contributed by atoms with E-state index in [2.05, 4.69) is 10.3 Å². The fraction of sp³-hybridized carbons (Fsp3) is 0.115. The minimum Gasteiger partial charge on any atom is -0.497 e. The van der Waals surface area contributed by atoms with E-state index in [-0.39, 0.29) is 29.6 Å². The molecule has 0 unspecified atom stereocenters. The first-order valence-electron chi connectivity index (χ1n) is 10.9. The summed E-state index contributed by atoms with van der Waals surface area (Å²) in [6, 6.07) is 20.6. The Morgan fingerprint density at radius 2 is 1.91 bits per heavy atom. The van der Waals surface area contributed by atoms with Crippen molar-refractivity contribution in [3.05, 3.63) is 94.5 Å². The molecule has 5 rings (SSSR count). The van der Waals surface area contributed by atoms with Crippen molar-refractivity contribution in [3.63, 3.8) is 0 Å². The maximum atomic E-state index is 13.6. The van der Waals surface area contributed by atoms with E-state index in [4.69, 9.17) is 9.72 Å². The third-order valence-electron chi connectivity index (χ3n) is 5.54. The summed E-state index contributed by atoms with van der Waals surface area (Å²) in [7, 11) is 1.56. The molecule has 2 aromatic heterocycles. The molecule has 0 aliphatic rings. The van der Waals surface area contributed by atoms with Gasteiger partial charge in [-0.1, -0.05) is 48.2 Å². The smallest absolute Gasteiger partial charge is 0.283 e. The van der Waals surface area contributed by atoms with E-state index < -0.39 is 0 Å². The Bertz CT molecular complexity index is 1590. The molecule has 0 saturated carbocycles. The predicted octanol–water partition coefficient (Wildman–Crippen LogP) is 4.42. The van der Waals surface area contributed by atoms with Gasteiger partial charge in [0.1, 0.15) is 22.6 Å². The van der Waals surface area contributed by atoms with Crippen LogP contribution >= 0.6 is 11.8 Å². The number of hydrogen-bond donors (Lipinski definition) is 2. The molecule has 0 aliphatic heterocycles. The number of amides is 1. The zero-order valence-electron chi connectivity index (χ0n) is 18.7.